The van der Waals surface area contributed by atoms with Gasteiger partial charge in [-0.25, -0.2) is 18.0 Å². The predicted octanol–water partition coefficient (Wildman–Crippen LogP) is 3.26. The second kappa shape index (κ2) is 8.42. The first-order chi connectivity index (χ1) is 13.8. The van der Waals surface area contributed by atoms with Gasteiger partial charge < -0.3 is 20.1 Å². The molecular formula is C20H19F3N2O4. The molecule has 1 aliphatic rings. The van der Waals surface area contributed by atoms with Gasteiger partial charge in [-0.1, -0.05) is 12.1 Å². The van der Waals surface area contributed by atoms with Gasteiger partial charge in [-0.2, -0.15) is 0 Å². The van der Waals surface area contributed by atoms with Gasteiger partial charge in [0.1, 0.15) is 11.6 Å². The molecule has 2 aromatic rings. The van der Waals surface area contributed by atoms with Gasteiger partial charge in [-0.15, -0.1) is 0 Å². The number of amides is 2. The van der Waals surface area contributed by atoms with Crippen LogP contribution in [0.4, 0.5) is 18.0 Å². The number of hydrogen-bond donors (Lipinski definition) is 2. The summed E-state index contributed by atoms with van der Waals surface area (Å²) in [6.07, 6.45) is -1.61. The Labute approximate surface area is 164 Å². The van der Waals surface area contributed by atoms with E-state index < -0.39 is 35.5 Å². The van der Waals surface area contributed by atoms with Crippen molar-refractivity contribution in [3.05, 3.63) is 65.0 Å². The third-order valence-corrected chi connectivity index (χ3v) is 4.93. The Balaban J connectivity index is 1.85. The minimum Gasteiger partial charge on any atom is -0.497 e. The number of piperidine rings is 1. The van der Waals surface area contributed by atoms with E-state index in [0.29, 0.717) is 17.9 Å². The van der Waals surface area contributed by atoms with Crippen molar-refractivity contribution in [2.24, 2.45) is 0 Å². The highest BCUT2D eigenvalue weighted by Crippen LogP contribution is 2.33. The molecule has 0 saturated carbocycles. The van der Waals surface area contributed by atoms with Crippen LogP contribution in [0, 0.1) is 17.5 Å². The molecule has 1 saturated heterocycles. The zero-order valence-corrected chi connectivity index (χ0v) is 15.5. The van der Waals surface area contributed by atoms with Gasteiger partial charge in [0.2, 0.25) is 5.91 Å². The summed E-state index contributed by atoms with van der Waals surface area (Å²) in [5.74, 6) is -4.29. The van der Waals surface area contributed by atoms with E-state index in [9.17, 15) is 22.8 Å². The van der Waals surface area contributed by atoms with Crippen molar-refractivity contribution >= 4 is 12.0 Å². The maximum Gasteiger partial charge on any atom is 0.404 e. The quantitative estimate of drug-likeness (QED) is 0.745. The van der Waals surface area contributed by atoms with Crippen LogP contribution in [-0.2, 0) is 11.3 Å². The monoisotopic (exact) mass is 408 g/mol. The van der Waals surface area contributed by atoms with Crippen LogP contribution in [0.1, 0.15) is 23.5 Å². The summed E-state index contributed by atoms with van der Waals surface area (Å²) in [6, 6.07) is 7.20. The third-order valence-electron chi connectivity index (χ3n) is 4.93. The second-order valence-corrected chi connectivity index (χ2v) is 6.78. The molecule has 1 aliphatic heterocycles. The molecule has 1 fully saturated rings. The Hall–Kier alpha value is -3.23. The molecule has 2 atom stereocenters. The van der Waals surface area contributed by atoms with Gasteiger partial charge in [0.25, 0.3) is 0 Å². The molecule has 2 amide bonds. The van der Waals surface area contributed by atoms with Gasteiger partial charge in [0.15, 0.2) is 11.6 Å². The number of ether oxygens (including phenoxy) is 1. The molecule has 2 aromatic carbocycles. The number of rotatable bonds is 5. The molecule has 0 bridgehead atoms. The van der Waals surface area contributed by atoms with Crippen LogP contribution in [0.3, 0.4) is 0 Å². The van der Waals surface area contributed by atoms with E-state index >= 15 is 0 Å². The first-order valence-corrected chi connectivity index (χ1v) is 8.83. The minimum absolute atomic E-state index is 0.0414. The summed E-state index contributed by atoms with van der Waals surface area (Å²) in [6.45, 7) is 0.174. The number of likely N-dealkylation sites (tertiary alicyclic amines) is 1. The van der Waals surface area contributed by atoms with Crippen LogP contribution < -0.4 is 10.1 Å². The van der Waals surface area contributed by atoms with Gasteiger partial charge in [-0.05, 0) is 29.3 Å². The molecule has 6 nitrogen and oxygen atoms in total. The van der Waals surface area contributed by atoms with E-state index in [1.54, 1.807) is 24.3 Å². The van der Waals surface area contributed by atoms with Crippen molar-refractivity contribution < 1.29 is 32.6 Å². The summed E-state index contributed by atoms with van der Waals surface area (Å²) >= 11 is 0. The van der Waals surface area contributed by atoms with Gasteiger partial charge in [0.05, 0.1) is 13.2 Å². The van der Waals surface area contributed by atoms with E-state index in [1.807, 2.05) is 0 Å². The third kappa shape index (κ3) is 4.61. The molecule has 0 aliphatic carbocycles. The molecule has 3 rings (SSSR count). The SMILES string of the molecule is COc1ccc(CN2C[C@H](NC(=O)O)[C@@H](c3cc(F)c(F)cc3F)CC2=O)cc1. The molecule has 0 unspecified atom stereocenters. The predicted molar refractivity (Wildman–Crippen MR) is 97.0 cm³/mol. The fourth-order valence-electron chi connectivity index (χ4n) is 3.48. The summed E-state index contributed by atoms with van der Waals surface area (Å²) in [7, 11) is 1.53. The molecular weight excluding hydrogens is 389 g/mol. The van der Waals surface area contributed by atoms with Crippen molar-refractivity contribution in [2.75, 3.05) is 13.7 Å². The van der Waals surface area contributed by atoms with Crippen LogP contribution in [0.5, 0.6) is 5.75 Å². The van der Waals surface area contributed by atoms with Crippen molar-refractivity contribution in [1.82, 2.24) is 10.2 Å². The summed E-state index contributed by atoms with van der Waals surface area (Å²) < 4.78 is 46.2. The Morgan fingerprint density at radius 1 is 1.17 bits per heavy atom. The van der Waals surface area contributed by atoms with Crippen LogP contribution in [0.25, 0.3) is 0 Å². The molecule has 0 aromatic heterocycles. The molecule has 1 heterocycles. The summed E-state index contributed by atoms with van der Waals surface area (Å²) in [4.78, 5) is 25.3. The standard InChI is InChI=1S/C20H19F3N2O4/c1-29-12-4-2-11(3-5-12)9-25-10-18(24-20(27)28)14(7-19(25)26)13-6-16(22)17(23)8-15(13)21/h2-6,8,14,18,24H,7,9-10H2,1H3,(H,27,28)/t14-,18+/m1/s1. The number of benzene rings is 2. The first kappa shape index (κ1) is 20.5. The van der Waals surface area contributed by atoms with Gasteiger partial charge >= 0.3 is 6.09 Å². The van der Waals surface area contributed by atoms with E-state index in [0.717, 1.165) is 5.56 Å². The lowest BCUT2D eigenvalue weighted by molar-refractivity contribution is -0.135. The number of carbonyl (C=O) groups is 2. The average Bonchev–Trinajstić information content (AvgIpc) is 2.67. The maximum atomic E-state index is 14.2. The molecule has 9 heteroatoms. The Morgan fingerprint density at radius 3 is 2.45 bits per heavy atom. The lowest BCUT2D eigenvalue weighted by Gasteiger charge is -2.38. The van der Waals surface area contributed by atoms with Crippen LogP contribution in [0.15, 0.2) is 36.4 Å². The molecule has 2 N–H and O–H groups in total. The normalized spacial score (nSPS) is 19.2. The van der Waals surface area contributed by atoms with Crippen molar-refractivity contribution in [1.29, 1.82) is 0 Å². The maximum absolute atomic E-state index is 14.2. The van der Waals surface area contributed by atoms with E-state index in [4.69, 9.17) is 9.84 Å². The number of carbonyl (C=O) groups excluding carboxylic acids is 1. The highest BCUT2D eigenvalue weighted by Gasteiger charge is 2.37. The number of nitrogens with zero attached hydrogens (tertiary/aromatic N) is 1. The molecule has 154 valence electrons. The topological polar surface area (TPSA) is 78.9 Å². The lowest BCUT2D eigenvalue weighted by Crippen LogP contribution is -2.53. The van der Waals surface area contributed by atoms with Crippen molar-refractivity contribution in [2.45, 2.75) is 24.9 Å². The summed E-state index contributed by atoms with van der Waals surface area (Å²) in [5, 5.41) is 11.4. The molecule has 0 radical (unpaired) electrons. The van der Waals surface area contributed by atoms with E-state index in [-0.39, 0.29) is 31.0 Å². The highest BCUT2D eigenvalue weighted by molar-refractivity contribution is 5.79. The first-order valence-electron chi connectivity index (χ1n) is 8.83. The van der Waals surface area contributed by atoms with Gasteiger partial charge in [-0.3, -0.25) is 4.79 Å². The smallest absolute Gasteiger partial charge is 0.404 e. The van der Waals surface area contributed by atoms with Crippen LogP contribution >= 0.6 is 0 Å². The average molecular weight is 408 g/mol. The van der Waals surface area contributed by atoms with Crippen LogP contribution in [0.2, 0.25) is 0 Å². The highest BCUT2D eigenvalue weighted by atomic mass is 19.2. The number of nitrogens with one attached hydrogen (secondary N) is 1. The minimum atomic E-state index is -1.36. The van der Waals surface area contributed by atoms with Crippen LogP contribution in [-0.4, -0.2) is 41.7 Å². The van der Waals surface area contributed by atoms with E-state index in [1.165, 1.54) is 12.0 Å². The zero-order chi connectivity index (χ0) is 21.1. The molecule has 29 heavy (non-hydrogen) atoms. The Kier molecular flexibility index (Phi) is 5.95. The number of methoxy groups -OCH3 is 1. The van der Waals surface area contributed by atoms with Crippen molar-refractivity contribution in [3.63, 3.8) is 0 Å². The zero-order valence-electron chi connectivity index (χ0n) is 15.5. The fraction of sp³-hybridized carbons (Fsp3) is 0.300. The number of carboxylic acid groups (broad SMARTS) is 1. The largest absolute Gasteiger partial charge is 0.497 e. The Morgan fingerprint density at radius 2 is 1.83 bits per heavy atom. The summed E-state index contributed by atoms with van der Waals surface area (Å²) in [5.41, 5.74) is 0.561. The van der Waals surface area contributed by atoms with Gasteiger partial charge in [0, 0.05) is 31.5 Å². The number of hydrogen-bond acceptors (Lipinski definition) is 3. The lowest BCUT2D eigenvalue weighted by atomic mass is 9.84. The number of halogens is 3. The van der Waals surface area contributed by atoms with Crippen molar-refractivity contribution in [3.8, 4) is 5.75 Å². The Bertz CT molecular complexity index is 921. The van der Waals surface area contributed by atoms with E-state index in [2.05, 4.69) is 5.32 Å². The second-order valence-electron chi connectivity index (χ2n) is 6.78. The molecule has 0 spiro atoms. The fourth-order valence-corrected chi connectivity index (χ4v) is 3.48.